The van der Waals surface area contributed by atoms with Crippen LogP contribution in [0.25, 0.3) is 0 Å². The monoisotopic (exact) mass is 450 g/mol. The second kappa shape index (κ2) is 12.6. The number of allylic oxidation sites excluding steroid dienone is 1. The van der Waals surface area contributed by atoms with Crippen LogP contribution in [0.15, 0.2) is 85.5 Å². The van der Waals surface area contributed by atoms with E-state index in [4.69, 9.17) is 9.16 Å². The third-order valence-electron chi connectivity index (χ3n) is 5.63. The largest absolute Gasteiger partial charge is 0.463 e. The van der Waals surface area contributed by atoms with Crippen molar-refractivity contribution in [3.8, 4) is 0 Å². The Morgan fingerprint density at radius 3 is 2.06 bits per heavy atom. The molecule has 2 aromatic rings. The fourth-order valence-electron chi connectivity index (χ4n) is 4.19. The van der Waals surface area contributed by atoms with Gasteiger partial charge >= 0.3 is 5.97 Å². The molecule has 2 aromatic carbocycles. The summed E-state index contributed by atoms with van der Waals surface area (Å²) < 4.78 is 12.2. The van der Waals surface area contributed by atoms with E-state index in [2.05, 4.69) is 88.0 Å². The molecule has 0 unspecified atom stereocenters. The molecular formula is C28H38O3Si. The first kappa shape index (κ1) is 25.8. The molecule has 0 aliphatic heterocycles. The molecule has 0 amide bonds. The number of hydrogen-bond donors (Lipinski definition) is 0. The Kier molecular flexibility index (Phi) is 10.1. The number of carbonyl (C=O) groups excluding carboxylic acids is 1. The quantitative estimate of drug-likeness (QED) is 0.135. The topological polar surface area (TPSA) is 35.5 Å². The molecule has 2 rings (SSSR count). The van der Waals surface area contributed by atoms with Gasteiger partial charge in [-0.3, -0.25) is 0 Å². The average Bonchev–Trinajstić information content (AvgIpc) is 2.77. The van der Waals surface area contributed by atoms with E-state index in [-0.39, 0.29) is 17.1 Å². The second-order valence-electron chi connectivity index (χ2n) is 9.01. The van der Waals surface area contributed by atoms with Crippen molar-refractivity contribution in [2.75, 3.05) is 6.61 Å². The summed E-state index contributed by atoms with van der Waals surface area (Å²) in [6.07, 6.45) is 8.89. The summed E-state index contributed by atoms with van der Waals surface area (Å²) in [4.78, 5) is 11.5. The molecule has 0 radical (unpaired) electrons. The van der Waals surface area contributed by atoms with Gasteiger partial charge < -0.3 is 9.16 Å². The molecule has 0 spiro atoms. The van der Waals surface area contributed by atoms with Gasteiger partial charge in [0.05, 0.1) is 6.61 Å². The summed E-state index contributed by atoms with van der Waals surface area (Å²) in [6.45, 7) is 13.1. The second-order valence-corrected chi connectivity index (χ2v) is 13.3. The highest BCUT2D eigenvalue weighted by Crippen LogP contribution is 2.38. The lowest BCUT2D eigenvalue weighted by atomic mass is 10.1. The predicted octanol–water partition coefficient (Wildman–Crippen LogP) is 5.80. The van der Waals surface area contributed by atoms with Crippen LogP contribution in [0.4, 0.5) is 0 Å². The van der Waals surface area contributed by atoms with Crippen molar-refractivity contribution in [3.63, 3.8) is 0 Å². The van der Waals surface area contributed by atoms with Crippen molar-refractivity contribution >= 4 is 24.7 Å². The van der Waals surface area contributed by atoms with Gasteiger partial charge in [0.1, 0.15) is 0 Å². The molecule has 0 saturated carbocycles. The normalized spacial score (nSPS) is 13.1. The van der Waals surface area contributed by atoms with E-state index in [0.717, 1.165) is 25.7 Å². The molecule has 0 aliphatic rings. The Labute approximate surface area is 195 Å². The maximum Gasteiger partial charge on any atom is 0.330 e. The summed E-state index contributed by atoms with van der Waals surface area (Å²) in [5.41, 5.74) is 0. The van der Waals surface area contributed by atoms with E-state index in [1.807, 2.05) is 19.1 Å². The standard InChI is InChI=1S/C28H38O3Si/c1-6-17-24(18-11-8-16-23-27(29)30-7-2)31-32(28(3,4)5,25-19-12-9-13-20-25)26-21-14-10-15-22-26/h6,9-10,12-16,19-24H,1,7-8,11,17-18H2,2-5H3/b23-16+/t24-/m1/s1. The van der Waals surface area contributed by atoms with Gasteiger partial charge in [0.25, 0.3) is 8.32 Å². The summed E-state index contributed by atoms with van der Waals surface area (Å²) in [5, 5.41) is 2.52. The van der Waals surface area contributed by atoms with Crippen LogP contribution >= 0.6 is 0 Å². The minimum absolute atomic E-state index is 0.0566. The Balaban J connectivity index is 2.32. The third kappa shape index (κ3) is 6.78. The van der Waals surface area contributed by atoms with Crippen LogP contribution in [0.3, 0.4) is 0 Å². The smallest absolute Gasteiger partial charge is 0.330 e. The maximum absolute atomic E-state index is 11.5. The SMILES string of the molecule is C=CC[C@H](CCC/C=C/C(=O)OCC)O[Si](c1ccccc1)(c1ccccc1)C(C)(C)C. The highest BCUT2D eigenvalue weighted by molar-refractivity contribution is 6.99. The van der Waals surface area contributed by atoms with Crippen LogP contribution in [-0.4, -0.2) is 27.0 Å². The molecule has 32 heavy (non-hydrogen) atoms. The summed E-state index contributed by atoms with van der Waals surface area (Å²) in [5.74, 6) is -0.279. The lowest BCUT2D eigenvalue weighted by molar-refractivity contribution is -0.137. The molecule has 0 aliphatic carbocycles. The van der Waals surface area contributed by atoms with Crippen molar-refractivity contribution < 1.29 is 14.0 Å². The molecule has 0 fully saturated rings. The van der Waals surface area contributed by atoms with E-state index in [9.17, 15) is 4.79 Å². The van der Waals surface area contributed by atoms with E-state index < -0.39 is 8.32 Å². The van der Waals surface area contributed by atoms with Gasteiger partial charge in [-0.2, -0.15) is 0 Å². The molecule has 0 N–H and O–H groups in total. The number of ether oxygens (including phenoxy) is 1. The molecule has 0 heterocycles. The highest BCUT2D eigenvalue weighted by Gasteiger charge is 2.51. The molecule has 4 heteroatoms. The van der Waals surface area contributed by atoms with Crippen molar-refractivity contribution in [3.05, 3.63) is 85.5 Å². The number of hydrogen-bond acceptors (Lipinski definition) is 3. The lowest BCUT2D eigenvalue weighted by Gasteiger charge is -2.45. The van der Waals surface area contributed by atoms with Crippen LogP contribution in [0.5, 0.6) is 0 Å². The van der Waals surface area contributed by atoms with Crippen molar-refractivity contribution in [2.24, 2.45) is 0 Å². The number of benzene rings is 2. The fraction of sp³-hybridized carbons (Fsp3) is 0.393. The fourth-order valence-corrected chi connectivity index (χ4v) is 8.91. The summed E-state index contributed by atoms with van der Waals surface area (Å²) in [7, 11) is -2.59. The van der Waals surface area contributed by atoms with E-state index in [0.29, 0.717) is 6.61 Å². The van der Waals surface area contributed by atoms with Gasteiger partial charge in [-0.25, -0.2) is 4.79 Å². The zero-order valence-electron chi connectivity index (χ0n) is 20.1. The van der Waals surface area contributed by atoms with Crippen molar-refractivity contribution in [2.45, 2.75) is 64.5 Å². The maximum atomic E-state index is 11.5. The van der Waals surface area contributed by atoms with Crippen LogP contribution in [0.2, 0.25) is 5.04 Å². The van der Waals surface area contributed by atoms with Gasteiger partial charge in [0.15, 0.2) is 0 Å². The number of carbonyl (C=O) groups is 1. The highest BCUT2D eigenvalue weighted by atomic mass is 28.4. The zero-order valence-corrected chi connectivity index (χ0v) is 21.1. The molecule has 0 saturated heterocycles. The molecular weight excluding hydrogens is 412 g/mol. The number of unbranched alkanes of at least 4 members (excludes halogenated alkanes) is 1. The minimum Gasteiger partial charge on any atom is -0.463 e. The van der Waals surface area contributed by atoms with Gasteiger partial charge in [0.2, 0.25) is 0 Å². The number of rotatable bonds is 12. The van der Waals surface area contributed by atoms with Gasteiger partial charge in [0, 0.05) is 12.2 Å². The Hall–Kier alpha value is -2.43. The van der Waals surface area contributed by atoms with Crippen LogP contribution in [0, 0.1) is 0 Å². The first-order valence-electron chi connectivity index (χ1n) is 11.6. The molecule has 172 valence electrons. The van der Waals surface area contributed by atoms with E-state index in [1.165, 1.54) is 16.4 Å². The Morgan fingerprint density at radius 1 is 1.03 bits per heavy atom. The Morgan fingerprint density at radius 2 is 1.59 bits per heavy atom. The van der Waals surface area contributed by atoms with Gasteiger partial charge in [-0.1, -0.05) is 93.6 Å². The molecule has 0 aromatic heterocycles. The van der Waals surface area contributed by atoms with Crippen LogP contribution in [0.1, 0.15) is 53.4 Å². The average molecular weight is 451 g/mol. The third-order valence-corrected chi connectivity index (χ3v) is 10.7. The first-order valence-corrected chi connectivity index (χ1v) is 13.5. The van der Waals surface area contributed by atoms with E-state index in [1.54, 1.807) is 0 Å². The summed E-state index contributed by atoms with van der Waals surface area (Å²) >= 11 is 0. The lowest BCUT2D eigenvalue weighted by Crippen LogP contribution is -2.67. The van der Waals surface area contributed by atoms with Crippen molar-refractivity contribution in [1.29, 1.82) is 0 Å². The first-order chi connectivity index (χ1) is 15.3. The predicted molar refractivity (Wildman–Crippen MR) is 137 cm³/mol. The Bertz CT molecular complexity index is 814. The van der Waals surface area contributed by atoms with Gasteiger partial charge in [-0.15, -0.1) is 6.58 Å². The minimum atomic E-state index is -2.59. The van der Waals surface area contributed by atoms with Crippen LogP contribution in [-0.2, 0) is 14.0 Å². The van der Waals surface area contributed by atoms with Crippen molar-refractivity contribution in [1.82, 2.24) is 0 Å². The van der Waals surface area contributed by atoms with Crippen LogP contribution < -0.4 is 10.4 Å². The number of esters is 1. The zero-order chi connectivity index (χ0) is 23.5. The van der Waals surface area contributed by atoms with Gasteiger partial charge in [-0.05, 0) is 48.0 Å². The summed E-state index contributed by atoms with van der Waals surface area (Å²) in [6, 6.07) is 21.4. The molecule has 3 nitrogen and oxygen atoms in total. The molecule has 0 bridgehead atoms. The molecule has 1 atom stereocenters. The van der Waals surface area contributed by atoms with E-state index >= 15 is 0 Å².